The highest BCUT2D eigenvalue weighted by Crippen LogP contribution is 2.18. The Morgan fingerprint density at radius 2 is 1.47 bits per heavy atom. The van der Waals surface area contributed by atoms with Crippen molar-refractivity contribution >= 4 is 0 Å². The second-order valence-corrected chi connectivity index (χ2v) is 3.96. The van der Waals surface area contributed by atoms with Crippen molar-refractivity contribution in [3.05, 3.63) is 53.2 Å². The van der Waals surface area contributed by atoms with E-state index in [1.165, 1.54) is 16.7 Å². The fourth-order valence-corrected chi connectivity index (χ4v) is 1.52. The second-order valence-electron chi connectivity index (χ2n) is 3.96. The Hall–Kier alpha value is -1.63. The first-order valence-corrected chi connectivity index (χ1v) is 5.18. The van der Waals surface area contributed by atoms with Crippen molar-refractivity contribution in [2.45, 2.75) is 20.8 Å². The Morgan fingerprint density at radius 1 is 0.800 bits per heavy atom. The first kappa shape index (κ1) is 9.91. The molecule has 76 valence electrons. The van der Waals surface area contributed by atoms with Gasteiger partial charge in [-0.05, 0) is 32.4 Å². The van der Waals surface area contributed by atoms with E-state index < -0.39 is 0 Å². The largest absolute Gasteiger partial charge is 0.253 e. The first-order valence-electron chi connectivity index (χ1n) is 5.18. The van der Waals surface area contributed by atoms with Crippen LogP contribution in [0.5, 0.6) is 0 Å². The van der Waals surface area contributed by atoms with E-state index in [2.05, 4.69) is 55.2 Å². The van der Waals surface area contributed by atoms with Gasteiger partial charge in [-0.15, -0.1) is 0 Å². The average molecular weight is 197 g/mol. The Bertz CT molecular complexity index is 469. The predicted molar refractivity (Wildman–Crippen MR) is 63.9 cm³/mol. The molecule has 0 amide bonds. The molecule has 1 heteroatoms. The van der Waals surface area contributed by atoms with Gasteiger partial charge in [0, 0.05) is 11.3 Å². The van der Waals surface area contributed by atoms with Crippen molar-refractivity contribution in [1.82, 2.24) is 4.98 Å². The molecule has 15 heavy (non-hydrogen) atoms. The van der Waals surface area contributed by atoms with Crippen LogP contribution in [0.4, 0.5) is 0 Å². The second kappa shape index (κ2) is 3.85. The summed E-state index contributed by atoms with van der Waals surface area (Å²) in [5, 5.41) is 0. The van der Waals surface area contributed by atoms with Gasteiger partial charge in [-0.2, -0.15) is 0 Å². The van der Waals surface area contributed by atoms with Gasteiger partial charge < -0.3 is 0 Å². The van der Waals surface area contributed by atoms with Crippen LogP contribution < -0.4 is 0 Å². The summed E-state index contributed by atoms with van der Waals surface area (Å²) in [7, 11) is 0. The highest BCUT2D eigenvalue weighted by Gasteiger charge is 2.00. The van der Waals surface area contributed by atoms with E-state index in [1.54, 1.807) is 0 Å². The topological polar surface area (TPSA) is 12.9 Å². The third kappa shape index (κ3) is 2.07. The lowest BCUT2D eigenvalue weighted by Gasteiger charge is -2.04. The van der Waals surface area contributed by atoms with E-state index in [1.807, 2.05) is 6.92 Å². The standard InChI is InChI=1S/C14H15N/c1-10-4-7-13(8-5-10)14-9-6-11(2)12(3)15-14/h4-9H,1-3H3. The van der Waals surface area contributed by atoms with Crippen molar-refractivity contribution in [3.8, 4) is 11.3 Å². The molecule has 0 aliphatic heterocycles. The summed E-state index contributed by atoms with van der Waals surface area (Å²) in [5.41, 5.74) is 5.86. The van der Waals surface area contributed by atoms with Gasteiger partial charge in [-0.3, -0.25) is 4.98 Å². The van der Waals surface area contributed by atoms with Crippen LogP contribution in [0.25, 0.3) is 11.3 Å². The zero-order valence-electron chi connectivity index (χ0n) is 9.41. The molecule has 0 spiro atoms. The number of aromatic nitrogens is 1. The number of benzene rings is 1. The number of rotatable bonds is 1. The quantitative estimate of drug-likeness (QED) is 0.679. The molecule has 0 fully saturated rings. The van der Waals surface area contributed by atoms with E-state index >= 15 is 0 Å². The van der Waals surface area contributed by atoms with Crippen LogP contribution in [0.3, 0.4) is 0 Å². The molecule has 1 aromatic carbocycles. The van der Waals surface area contributed by atoms with Gasteiger partial charge in [-0.1, -0.05) is 35.9 Å². The van der Waals surface area contributed by atoms with E-state index in [0.29, 0.717) is 0 Å². The minimum Gasteiger partial charge on any atom is -0.253 e. The highest BCUT2D eigenvalue weighted by atomic mass is 14.7. The Balaban J connectivity index is 2.45. The average Bonchev–Trinajstić information content (AvgIpc) is 2.23. The minimum atomic E-state index is 1.05. The molecule has 0 N–H and O–H groups in total. The van der Waals surface area contributed by atoms with Crippen molar-refractivity contribution in [2.75, 3.05) is 0 Å². The molecule has 1 heterocycles. The maximum absolute atomic E-state index is 4.57. The van der Waals surface area contributed by atoms with Crippen molar-refractivity contribution < 1.29 is 0 Å². The van der Waals surface area contributed by atoms with Gasteiger partial charge in [0.25, 0.3) is 0 Å². The number of hydrogen-bond donors (Lipinski definition) is 0. The van der Waals surface area contributed by atoms with Crippen molar-refractivity contribution in [1.29, 1.82) is 0 Å². The molecule has 2 aromatic rings. The predicted octanol–water partition coefficient (Wildman–Crippen LogP) is 3.67. The fourth-order valence-electron chi connectivity index (χ4n) is 1.52. The molecule has 2 rings (SSSR count). The van der Waals surface area contributed by atoms with Gasteiger partial charge in [-0.25, -0.2) is 0 Å². The van der Waals surface area contributed by atoms with Crippen LogP contribution in [0, 0.1) is 20.8 Å². The van der Waals surface area contributed by atoms with E-state index in [9.17, 15) is 0 Å². The van der Waals surface area contributed by atoms with Gasteiger partial charge in [0.05, 0.1) is 5.69 Å². The maximum atomic E-state index is 4.57. The van der Waals surface area contributed by atoms with Crippen LogP contribution >= 0.6 is 0 Å². The van der Waals surface area contributed by atoms with Crippen LogP contribution in [-0.4, -0.2) is 4.98 Å². The number of aryl methyl sites for hydroxylation is 3. The molecular weight excluding hydrogens is 182 g/mol. The summed E-state index contributed by atoms with van der Waals surface area (Å²) in [6, 6.07) is 12.7. The number of nitrogens with zero attached hydrogens (tertiary/aromatic N) is 1. The lowest BCUT2D eigenvalue weighted by Crippen LogP contribution is -1.89. The molecule has 0 radical (unpaired) electrons. The van der Waals surface area contributed by atoms with E-state index in [4.69, 9.17) is 0 Å². The smallest absolute Gasteiger partial charge is 0.0705 e. The molecule has 0 saturated carbocycles. The fraction of sp³-hybridized carbons (Fsp3) is 0.214. The molecule has 0 unspecified atom stereocenters. The van der Waals surface area contributed by atoms with Crippen LogP contribution in [-0.2, 0) is 0 Å². The lowest BCUT2D eigenvalue weighted by atomic mass is 10.1. The highest BCUT2D eigenvalue weighted by molar-refractivity contribution is 5.59. The van der Waals surface area contributed by atoms with Gasteiger partial charge in [0.15, 0.2) is 0 Å². The molecule has 0 atom stereocenters. The lowest BCUT2D eigenvalue weighted by molar-refractivity contribution is 1.15. The summed E-state index contributed by atoms with van der Waals surface area (Å²) < 4.78 is 0. The van der Waals surface area contributed by atoms with Crippen molar-refractivity contribution in [2.24, 2.45) is 0 Å². The van der Waals surface area contributed by atoms with Gasteiger partial charge in [0.2, 0.25) is 0 Å². The van der Waals surface area contributed by atoms with E-state index in [-0.39, 0.29) is 0 Å². The van der Waals surface area contributed by atoms with Gasteiger partial charge in [0.1, 0.15) is 0 Å². The maximum Gasteiger partial charge on any atom is 0.0705 e. The number of pyridine rings is 1. The van der Waals surface area contributed by atoms with Gasteiger partial charge >= 0.3 is 0 Å². The third-order valence-corrected chi connectivity index (χ3v) is 2.70. The Morgan fingerprint density at radius 3 is 2.07 bits per heavy atom. The summed E-state index contributed by atoms with van der Waals surface area (Å²) in [6.07, 6.45) is 0. The zero-order chi connectivity index (χ0) is 10.8. The Kier molecular flexibility index (Phi) is 2.55. The summed E-state index contributed by atoms with van der Waals surface area (Å²) in [5.74, 6) is 0. The molecule has 0 saturated heterocycles. The monoisotopic (exact) mass is 197 g/mol. The van der Waals surface area contributed by atoms with Crippen LogP contribution in [0.2, 0.25) is 0 Å². The minimum absolute atomic E-state index is 1.05. The summed E-state index contributed by atoms with van der Waals surface area (Å²) in [4.78, 5) is 4.57. The molecule has 1 aromatic heterocycles. The van der Waals surface area contributed by atoms with Crippen LogP contribution in [0.15, 0.2) is 36.4 Å². The Labute approximate surface area is 90.8 Å². The first-order chi connectivity index (χ1) is 7.16. The summed E-state index contributed by atoms with van der Waals surface area (Å²) >= 11 is 0. The third-order valence-electron chi connectivity index (χ3n) is 2.70. The zero-order valence-corrected chi connectivity index (χ0v) is 9.41. The molecule has 1 nitrogen and oxygen atoms in total. The molecule has 0 aliphatic carbocycles. The molecule has 0 aliphatic rings. The molecular formula is C14H15N. The summed E-state index contributed by atoms with van der Waals surface area (Å²) in [6.45, 7) is 6.23. The van der Waals surface area contributed by atoms with Crippen molar-refractivity contribution in [3.63, 3.8) is 0 Å². The van der Waals surface area contributed by atoms with Crippen LogP contribution in [0.1, 0.15) is 16.8 Å². The number of hydrogen-bond acceptors (Lipinski definition) is 1. The normalized spacial score (nSPS) is 10.3. The SMILES string of the molecule is Cc1ccc(-c2ccc(C)c(C)n2)cc1. The van der Waals surface area contributed by atoms with E-state index in [0.717, 1.165) is 11.4 Å². The molecule has 0 bridgehead atoms.